The highest BCUT2D eigenvalue weighted by atomic mass is 35.5. The van der Waals surface area contributed by atoms with Gasteiger partial charge in [-0.15, -0.1) is 0 Å². The Kier molecular flexibility index (Phi) is 3.05. The van der Waals surface area contributed by atoms with Crippen LogP contribution in [0, 0.1) is 0 Å². The number of hydrogen-bond donors (Lipinski definition) is 0. The lowest BCUT2D eigenvalue weighted by molar-refractivity contribution is 0.0500. The Bertz CT molecular complexity index is 649. The van der Waals surface area contributed by atoms with E-state index in [4.69, 9.17) is 16.3 Å². The summed E-state index contributed by atoms with van der Waals surface area (Å²) < 4.78 is 5.26. The van der Waals surface area contributed by atoms with Crippen molar-refractivity contribution < 1.29 is 9.53 Å². The maximum atomic E-state index is 11.6. The van der Waals surface area contributed by atoms with E-state index in [1.807, 2.05) is 30.3 Å². The molecule has 0 N–H and O–H groups in total. The fourth-order valence-corrected chi connectivity index (χ4v) is 2.09. The number of esters is 1. The first kappa shape index (κ1) is 11.9. The van der Waals surface area contributed by atoms with Gasteiger partial charge < -0.3 is 4.74 Å². The van der Waals surface area contributed by atoms with Crippen LogP contribution in [0.4, 0.5) is 5.69 Å². The number of benzene rings is 2. The average Bonchev–Trinajstić information content (AvgIpc) is 2.76. The minimum atomic E-state index is -0.417. The maximum absolute atomic E-state index is 11.6. The molecule has 1 heterocycles. The van der Waals surface area contributed by atoms with Gasteiger partial charge in [0.15, 0.2) is 6.10 Å². The van der Waals surface area contributed by atoms with Crippen molar-refractivity contribution in [3.63, 3.8) is 0 Å². The molecule has 0 aliphatic carbocycles. The lowest BCUT2D eigenvalue weighted by Crippen LogP contribution is -1.99. The summed E-state index contributed by atoms with van der Waals surface area (Å²) in [5.74, 6) is -0.303. The molecule has 3 nitrogen and oxygen atoms in total. The monoisotopic (exact) mass is 271 g/mol. The molecular formula is C15H10ClNO2. The molecule has 3 rings (SSSR count). The first-order valence-electron chi connectivity index (χ1n) is 5.84. The molecule has 19 heavy (non-hydrogen) atoms. The van der Waals surface area contributed by atoms with Crippen LogP contribution in [0.25, 0.3) is 0 Å². The van der Waals surface area contributed by atoms with Gasteiger partial charge in [-0.3, -0.25) is 4.99 Å². The third-order valence-corrected chi connectivity index (χ3v) is 3.16. The molecule has 0 aromatic heterocycles. The molecule has 2 aromatic carbocycles. The molecule has 0 bridgehead atoms. The van der Waals surface area contributed by atoms with Gasteiger partial charge in [0.25, 0.3) is 0 Å². The maximum Gasteiger partial charge on any atom is 0.339 e. The van der Waals surface area contributed by atoms with Crippen molar-refractivity contribution in [2.24, 2.45) is 4.99 Å². The topological polar surface area (TPSA) is 38.7 Å². The van der Waals surface area contributed by atoms with Gasteiger partial charge in [-0.05, 0) is 30.3 Å². The van der Waals surface area contributed by atoms with Crippen molar-refractivity contribution in [2.75, 3.05) is 0 Å². The van der Waals surface area contributed by atoms with E-state index in [9.17, 15) is 4.79 Å². The van der Waals surface area contributed by atoms with E-state index in [0.29, 0.717) is 10.6 Å². The van der Waals surface area contributed by atoms with E-state index in [1.54, 1.807) is 24.4 Å². The number of fused-ring (bicyclic) bond motifs is 1. The second-order valence-corrected chi connectivity index (χ2v) is 4.60. The molecule has 0 amide bonds. The molecule has 94 valence electrons. The van der Waals surface area contributed by atoms with Crippen LogP contribution in [0.3, 0.4) is 0 Å². The van der Waals surface area contributed by atoms with Crippen LogP contribution >= 0.6 is 11.6 Å². The Hall–Kier alpha value is -2.13. The van der Waals surface area contributed by atoms with Gasteiger partial charge in [0.05, 0.1) is 17.5 Å². The summed E-state index contributed by atoms with van der Waals surface area (Å²) in [6.07, 6.45) is 1.21. The molecule has 0 unspecified atom stereocenters. The van der Waals surface area contributed by atoms with Crippen LogP contribution in [0.15, 0.2) is 53.5 Å². The summed E-state index contributed by atoms with van der Waals surface area (Å²) in [4.78, 5) is 15.9. The molecule has 1 aliphatic rings. The number of aliphatic imine (C=N–C) groups is 1. The molecule has 0 saturated heterocycles. The zero-order valence-electron chi connectivity index (χ0n) is 9.92. The first-order valence-corrected chi connectivity index (χ1v) is 6.21. The molecular weight excluding hydrogens is 262 g/mol. The number of cyclic esters (lactones) is 1. The van der Waals surface area contributed by atoms with E-state index in [1.165, 1.54) is 0 Å². The van der Waals surface area contributed by atoms with Gasteiger partial charge in [0.1, 0.15) is 0 Å². The van der Waals surface area contributed by atoms with Crippen LogP contribution in [-0.2, 0) is 4.74 Å². The van der Waals surface area contributed by atoms with Crippen molar-refractivity contribution in [2.45, 2.75) is 6.10 Å². The summed E-state index contributed by atoms with van der Waals surface area (Å²) in [6, 6.07) is 14.5. The fraction of sp³-hybridized carbons (Fsp3) is 0.0667. The van der Waals surface area contributed by atoms with E-state index in [2.05, 4.69) is 4.99 Å². The normalized spacial score (nSPS) is 17.5. The van der Waals surface area contributed by atoms with Crippen LogP contribution in [0.1, 0.15) is 22.0 Å². The Morgan fingerprint density at radius 1 is 1.11 bits per heavy atom. The zero-order chi connectivity index (χ0) is 13.2. The summed E-state index contributed by atoms with van der Waals surface area (Å²) in [5, 5.41) is 0.664. The molecule has 0 saturated carbocycles. The highest BCUT2D eigenvalue weighted by Crippen LogP contribution is 2.29. The Morgan fingerprint density at radius 3 is 2.63 bits per heavy atom. The Labute approximate surface area is 115 Å². The van der Waals surface area contributed by atoms with Crippen molar-refractivity contribution in [1.82, 2.24) is 0 Å². The summed E-state index contributed by atoms with van der Waals surface area (Å²) in [6.45, 7) is 0. The number of rotatable bonds is 2. The van der Waals surface area contributed by atoms with Crippen molar-refractivity contribution in [3.8, 4) is 0 Å². The number of carbonyl (C=O) groups is 1. The minimum absolute atomic E-state index is 0.303. The highest BCUT2D eigenvalue weighted by Gasteiger charge is 2.28. The van der Waals surface area contributed by atoms with Crippen LogP contribution in [0.2, 0.25) is 5.02 Å². The van der Waals surface area contributed by atoms with Crippen LogP contribution < -0.4 is 0 Å². The van der Waals surface area contributed by atoms with Gasteiger partial charge in [0, 0.05) is 10.6 Å². The van der Waals surface area contributed by atoms with Crippen LogP contribution in [-0.4, -0.2) is 12.2 Å². The quantitative estimate of drug-likeness (QED) is 0.613. The second kappa shape index (κ2) is 4.86. The lowest BCUT2D eigenvalue weighted by Gasteiger charge is -2.03. The van der Waals surface area contributed by atoms with Gasteiger partial charge in [-0.1, -0.05) is 29.8 Å². The predicted octanol–water partition coefficient (Wildman–Crippen LogP) is 3.95. The molecule has 0 fully saturated rings. The zero-order valence-corrected chi connectivity index (χ0v) is 10.7. The second-order valence-electron chi connectivity index (χ2n) is 4.17. The summed E-state index contributed by atoms with van der Waals surface area (Å²) in [7, 11) is 0. The molecule has 4 heteroatoms. The van der Waals surface area contributed by atoms with Crippen molar-refractivity contribution in [1.29, 1.82) is 0 Å². The van der Waals surface area contributed by atoms with Gasteiger partial charge in [-0.25, -0.2) is 4.79 Å². The van der Waals surface area contributed by atoms with Gasteiger partial charge >= 0.3 is 5.97 Å². The third-order valence-electron chi connectivity index (χ3n) is 2.91. The van der Waals surface area contributed by atoms with Gasteiger partial charge in [0.2, 0.25) is 0 Å². The van der Waals surface area contributed by atoms with Crippen molar-refractivity contribution >= 4 is 29.5 Å². The molecule has 2 aromatic rings. The number of halogens is 1. The molecule has 1 aliphatic heterocycles. The molecule has 0 spiro atoms. The number of carbonyl (C=O) groups excluding carboxylic acids is 1. The number of hydrogen-bond acceptors (Lipinski definition) is 3. The number of nitrogens with zero attached hydrogens (tertiary/aromatic N) is 1. The average molecular weight is 272 g/mol. The van der Waals surface area contributed by atoms with E-state index >= 15 is 0 Å². The SMILES string of the molecule is O=C1O[C@H](C=Nc2ccc(Cl)cc2)c2ccccc21. The predicted molar refractivity (Wildman–Crippen MR) is 74.2 cm³/mol. The smallest absolute Gasteiger partial charge is 0.339 e. The Balaban J connectivity index is 1.85. The molecule has 0 radical (unpaired) electrons. The first-order chi connectivity index (χ1) is 9.24. The van der Waals surface area contributed by atoms with Crippen LogP contribution in [0.5, 0.6) is 0 Å². The highest BCUT2D eigenvalue weighted by molar-refractivity contribution is 6.30. The molecule has 1 atom stereocenters. The number of ether oxygens (including phenoxy) is 1. The minimum Gasteiger partial charge on any atom is -0.448 e. The standard InChI is InChI=1S/C15H10ClNO2/c16-10-5-7-11(8-6-10)17-9-14-12-3-1-2-4-13(12)15(18)19-14/h1-9,14H/t14-/m1/s1. The summed E-state index contributed by atoms with van der Waals surface area (Å²) in [5.41, 5.74) is 2.23. The van der Waals surface area contributed by atoms with E-state index in [0.717, 1.165) is 11.3 Å². The third kappa shape index (κ3) is 2.37. The Morgan fingerprint density at radius 2 is 1.84 bits per heavy atom. The van der Waals surface area contributed by atoms with E-state index < -0.39 is 6.10 Å². The largest absolute Gasteiger partial charge is 0.448 e. The summed E-state index contributed by atoms with van der Waals surface area (Å²) >= 11 is 5.80. The van der Waals surface area contributed by atoms with E-state index in [-0.39, 0.29) is 5.97 Å². The van der Waals surface area contributed by atoms with Gasteiger partial charge in [-0.2, -0.15) is 0 Å². The lowest BCUT2D eigenvalue weighted by atomic mass is 10.1. The fourth-order valence-electron chi connectivity index (χ4n) is 1.96. The van der Waals surface area contributed by atoms with Crippen molar-refractivity contribution in [3.05, 3.63) is 64.7 Å².